The van der Waals surface area contributed by atoms with E-state index >= 15 is 0 Å². The molecule has 2 heterocycles. The molecule has 3 rings (SSSR count). The van der Waals surface area contributed by atoms with Gasteiger partial charge in [0.1, 0.15) is 5.75 Å². The first-order valence-electron chi connectivity index (χ1n) is 7.10. The maximum atomic E-state index is 12.7. The predicted molar refractivity (Wildman–Crippen MR) is 72.5 cm³/mol. The van der Waals surface area contributed by atoms with E-state index < -0.39 is 0 Å². The second-order valence-electron chi connectivity index (χ2n) is 5.74. The molecule has 2 aliphatic rings. The third-order valence-corrected chi connectivity index (χ3v) is 3.96. The molecule has 3 nitrogen and oxygen atoms in total. The van der Waals surface area contributed by atoms with Gasteiger partial charge in [0.05, 0.1) is 29.8 Å². The highest BCUT2D eigenvalue weighted by atomic mass is 16.5. The molecule has 0 saturated carbocycles. The summed E-state index contributed by atoms with van der Waals surface area (Å²) in [6.07, 6.45) is 3.51. The molecule has 3 unspecified atom stereocenters. The average molecular weight is 260 g/mol. The van der Waals surface area contributed by atoms with E-state index in [2.05, 4.69) is 0 Å². The van der Waals surface area contributed by atoms with Crippen LogP contribution in [-0.4, -0.2) is 24.1 Å². The van der Waals surface area contributed by atoms with Crippen LogP contribution in [0.4, 0.5) is 0 Å². The van der Waals surface area contributed by atoms with Crippen molar-refractivity contribution in [3.8, 4) is 5.75 Å². The summed E-state index contributed by atoms with van der Waals surface area (Å²) in [5, 5.41) is 0. The summed E-state index contributed by atoms with van der Waals surface area (Å²) in [7, 11) is 0. The van der Waals surface area contributed by atoms with Gasteiger partial charge in [-0.05, 0) is 45.2 Å². The zero-order chi connectivity index (χ0) is 13.4. The minimum absolute atomic E-state index is 0.0238. The third-order valence-electron chi connectivity index (χ3n) is 3.96. The Balaban J connectivity index is 1.83. The topological polar surface area (TPSA) is 35.5 Å². The number of ether oxygens (including phenoxy) is 2. The molecular formula is C16H20O3. The summed E-state index contributed by atoms with van der Waals surface area (Å²) in [4.78, 5) is 12.7. The van der Waals surface area contributed by atoms with Gasteiger partial charge in [-0.1, -0.05) is 12.1 Å². The Morgan fingerprint density at radius 2 is 2.11 bits per heavy atom. The van der Waals surface area contributed by atoms with Gasteiger partial charge in [0.2, 0.25) is 0 Å². The molecule has 3 heteroatoms. The largest absolute Gasteiger partial charge is 0.490 e. The Bertz CT molecular complexity index is 481. The Kier molecular flexibility index (Phi) is 3.31. The summed E-state index contributed by atoms with van der Waals surface area (Å²) in [5.41, 5.74) is 0.706. The molecule has 102 valence electrons. The second kappa shape index (κ2) is 4.97. The van der Waals surface area contributed by atoms with Crippen molar-refractivity contribution < 1.29 is 14.3 Å². The van der Waals surface area contributed by atoms with E-state index in [-0.39, 0.29) is 23.9 Å². The highest BCUT2D eigenvalue weighted by Gasteiger charge is 2.44. The number of rotatable bonds is 4. The van der Waals surface area contributed by atoms with Crippen LogP contribution in [0.25, 0.3) is 0 Å². The number of hydrogen-bond acceptors (Lipinski definition) is 3. The molecule has 2 aliphatic heterocycles. The van der Waals surface area contributed by atoms with Crippen molar-refractivity contribution >= 4 is 5.78 Å². The Morgan fingerprint density at radius 1 is 1.32 bits per heavy atom. The van der Waals surface area contributed by atoms with Crippen molar-refractivity contribution in [1.82, 2.24) is 0 Å². The van der Waals surface area contributed by atoms with Crippen molar-refractivity contribution in [2.45, 2.75) is 51.4 Å². The fourth-order valence-corrected chi connectivity index (χ4v) is 3.14. The summed E-state index contributed by atoms with van der Waals surface area (Å²) in [5.74, 6) is 0.907. The van der Waals surface area contributed by atoms with E-state index in [0.29, 0.717) is 17.4 Å². The van der Waals surface area contributed by atoms with Crippen LogP contribution in [0.3, 0.4) is 0 Å². The fraction of sp³-hybridized carbons (Fsp3) is 0.562. The van der Waals surface area contributed by atoms with Gasteiger partial charge in [-0.2, -0.15) is 0 Å². The molecule has 2 fully saturated rings. The Morgan fingerprint density at radius 3 is 2.74 bits per heavy atom. The number of fused-ring (bicyclic) bond motifs is 2. The fourth-order valence-electron chi connectivity index (χ4n) is 3.14. The predicted octanol–water partition coefficient (Wildman–Crippen LogP) is 3.22. The van der Waals surface area contributed by atoms with E-state index in [0.717, 1.165) is 19.3 Å². The van der Waals surface area contributed by atoms with Gasteiger partial charge in [0.25, 0.3) is 0 Å². The van der Waals surface area contributed by atoms with Crippen molar-refractivity contribution in [1.29, 1.82) is 0 Å². The van der Waals surface area contributed by atoms with Gasteiger partial charge in [-0.15, -0.1) is 0 Å². The van der Waals surface area contributed by atoms with Gasteiger partial charge >= 0.3 is 0 Å². The minimum Gasteiger partial charge on any atom is -0.490 e. The summed E-state index contributed by atoms with van der Waals surface area (Å²) in [6.45, 7) is 3.95. The van der Waals surface area contributed by atoms with Gasteiger partial charge in [0, 0.05) is 0 Å². The number of carbonyl (C=O) groups is 1. The summed E-state index contributed by atoms with van der Waals surface area (Å²) < 4.78 is 11.5. The van der Waals surface area contributed by atoms with Crippen molar-refractivity contribution in [2.24, 2.45) is 5.92 Å². The van der Waals surface area contributed by atoms with Crippen molar-refractivity contribution in [3.05, 3.63) is 29.8 Å². The Hall–Kier alpha value is -1.35. The van der Waals surface area contributed by atoms with Crippen LogP contribution in [-0.2, 0) is 4.74 Å². The number of para-hydroxylation sites is 1. The first kappa shape index (κ1) is 12.7. The first-order chi connectivity index (χ1) is 9.15. The zero-order valence-corrected chi connectivity index (χ0v) is 11.5. The van der Waals surface area contributed by atoms with Crippen LogP contribution in [0.1, 0.15) is 43.5 Å². The quantitative estimate of drug-likeness (QED) is 0.780. The molecule has 0 amide bonds. The van der Waals surface area contributed by atoms with Crippen LogP contribution in [0.5, 0.6) is 5.75 Å². The van der Waals surface area contributed by atoms with Crippen LogP contribution in [0.15, 0.2) is 24.3 Å². The average Bonchev–Trinajstić information content (AvgIpc) is 3.00. The lowest BCUT2D eigenvalue weighted by Gasteiger charge is -2.19. The van der Waals surface area contributed by atoms with Crippen LogP contribution in [0, 0.1) is 5.92 Å². The standard InChI is InChI=1S/C16H20O3/c1-10(2)18-14-6-4-3-5-12(14)16(17)13-9-11-7-8-15(13)19-11/h3-6,10-11,13,15H,7-9H2,1-2H3. The number of benzene rings is 1. The monoisotopic (exact) mass is 260 g/mol. The molecular weight excluding hydrogens is 240 g/mol. The number of hydrogen-bond donors (Lipinski definition) is 0. The first-order valence-corrected chi connectivity index (χ1v) is 7.10. The van der Waals surface area contributed by atoms with E-state index in [9.17, 15) is 4.79 Å². The van der Waals surface area contributed by atoms with Crippen LogP contribution < -0.4 is 4.74 Å². The molecule has 0 N–H and O–H groups in total. The van der Waals surface area contributed by atoms with Crippen molar-refractivity contribution in [3.63, 3.8) is 0 Å². The van der Waals surface area contributed by atoms with E-state index in [1.807, 2.05) is 38.1 Å². The summed E-state index contributed by atoms with van der Waals surface area (Å²) >= 11 is 0. The van der Waals surface area contributed by atoms with Gasteiger partial charge in [-0.25, -0.2) is 0 Å². The van der Waals surface area contributed by atoms with Gasteiger partial charge in [0.15, 0.2) is 5.78 Å². The zero-order valence-electron chi connectivity index (χ0n) is 11.5. The Labute approximate surface area is 113 Å². The highest BCUT2D eigenvalue weighted by Crippen LogP contribution is 2.41. The minimum atomic E-state index is 0.0238. The van der Waals surface area contributed by atoms with E-state index in [4.69, 9.17) is 9.47 Å². The number of Topliss-reactive ketones (excluding diaryl/α,β-unsaturated/α-hetero) is 1. The smallest absolute Gasteiger partial charge is 0.172 e. The molecule has 0 aliphatic carbocycles. The number of ketones is 1. The lowest BCUT2D eigenvalue weighted by Crippen LogP contribution is -2.26. The van der Waals surface area contributed by atoms with Gasteiger partial charge < -0.3 is 9.47 Å². The van der Waals surface area contributed by atoms with E-state index in [1.165, 1.54) is 0 Å². The molecule has 0 radical (unpaired) electrons. The SMILES string of the molecule is CC(C)Oc1ccccc1C(=O)C1CC2CCC1O2. The summed E-state index contributed by atoms with van der Waals surface area (Å²) in [6, 6.07) is 7.55. The van der Waals surface area contributed by atoms with Gasteiger partial charge in [-0.3, -0.25) is 4.79 Å². The normalized spacial score (nSPS) is 28.9. The maximum absolute atomic E-state index is 12.7. The molecule has 1 aromatic carbocycles. The molecule has 0 spiro atoms. The second-order valence-corrected chi connectivity index (χ2v) is 5.74. The lowest BCUT2D eigenvalue weighted by atomic mass is 9.83. The molecule has 1 aromatic rings. The molecule has 2 bridgehead atoms. The van der Waals surface area contributed by atoms with Crippen molar-refractivity contribution in [2.75, 3.05) is 0 Å². The molecule has 19 heavy (non-hydrogen) atoms. The maximum Gasteiger partial charge on any atom is 0.172 e. The highest BCUT2D eigenvalue weighted by molar-refractivity contribution is 6.00. The third kappa shape index (κ3) is 2.39. The number of carbonyl (C=O) groups excluding carboxylic acids is 1. The lowest BCUT2D eigenvalue weighted by molar-refractivity contribution is 0.0739. The van der Waals surface area contributed by atoms with Crippen LogP contribution >= 0.6 is 0 Å². The molecule has 2 saturated heterocycles. The molecule has 3 atom stereocenters. The van der Waals surface area contributed by atoms with E-state index in [1.54, 1.807) is 0 Å². The van der Waals surface area contributed by atoms with Crippen LogP contribution in [0.2, 0.25) is 0 Å². The molecule has 0 aromatic heterocycles.